The fourth-order valence-corrected chi connectivity index (χ4v) is 3.52. The molecule has 0 spiro atoms. The van der Waals surface area contributed by atoms with Crippen molar-refractivity contribution in [2.24, 2.45) is 11.7 Å². The molecule has 2 fully saturated rings. The molecule has 1 aromatic rings. The van der Waals surface area contributed by atoms with E-state index in [9.17, 15) is 14.4 Å². The molecular formula is C17H21N3O3. The van der Waals surface area contributed by atoms with Gasteiger partial charge in [-0.1, -0.05) is 25.0 Å². The summed E-state index contributed by atoms with van der Waals surface area (Å²) in [6.45, 7) is 0.466. The highest BCUT2D eigenvalue weighted by molar-refractivity contribution is 6.04. The predicted octanol–water partition coefficient (Wildman–Crippen LogP) is 1.52. The molecule has 1 aliphatic carbocycles. The summed E-state index contributed by atoms with van der Waals surface area (Å²) in [5, 5.41) is 2.75. The van der Waals surface area contributed by atoms with Crippen molar-refractivity contribution in [3.63, 3.8) is 0 Å². The summed E-state index contributed by atoms with van der Waals surface area (Å²) in [5.74, 6) is -1.13. The molecule has 1 unspecified atom stereocenters. The topological polar surface area (TPSA) is 92.5 Å². The van der Waals surface area contributed by atoms with E-state index < -0.39 is 5.91 Å². The molecule has 0 aromatic heterocycles. The number of rotatable bonds is 4. The van der Waals surface area contributed by atoms with Gasteiger partial charge in [0.25, 0.3) is 5.91 Å². The third kappa shape index (κ3) is 3.21. The molecule has 23 heavy (non-hydrogen) atoms. The highest BCUT2D eigenvalue weighted by Gasteiger charge is 2.38. The first-order valence-electron chi connectivity index (χ1n) is 8.05. The highest BCUT2D eigenvalue weighted by Crippen LogP contribution is 2.30. The lowest BCUT2D eigenvalue weighted by Gasteiger charge is -2.23. The van der Waals surface area contributed by atoms with Crippen LogP contribution in [0.4, 0.5) is 5.69 Å². The summed E-state index contributed by atoms with van der Waals surface area (Å²) in [4.78, 5) is 37.9. The van der Waals surface area contributed by atoms with Gasteiger partial charge in [-0.25, -0.2) is 0 Å². The van der Waals surface area contributed by atoms with E-state index in [2.05, 4.69) is 5.32 Å². The van der Waals surface area contributed by atoms with Crippen LogP contribution in [0.2, 0.25) is 0 Å². The maximum atomic E-state index is 12.5. The van der Waals surface area contributed by atoms with Crippen LogP contribution < -0.4 is 11.1 Å². The van der Waals surface area contributed by atoms with Gasteiger partial charge in [-0.15, -0.1) is 0 Å². The second-order valence-corrected chi connectivity index (χ2v) is 6.28. The van der Waals surface area contributed by atoms with E-state index in [4.69, 9.17) is 5.73 Å². The quantitative estimate of drug-likeness (QED) is 0.882. The number of hydrogen-bond acceptors (Lipinski definition) is 3. The molecule has 0 radical (unpaired) electrons. The Kier molecular flexibility index (Phi) is 4.32. The zero-order chi connectivity index (χ0) is 16.4. The zero-order valence-corrected chi connectivity index (χ0v) is 13.0. The number of para-hydroxylation sites is 1. The van der Waals surface area contributed by atoms with Crippen molar-refractivity contribution in [1.29, 1.82) is 0 Å². The largest absolute Gasteiger partial charge is 0.366 e. The average molecular weight is 315 g/mol. The maximum Gasteiger partial charge on any atom is 0.250 e. The van der Waals surface area contributed by atoms with Crippen molar-refractivity contribution in [3.05, 3.63) is 29.8 Å². The van der Waals surface area contributed by atoms with Crippen LogP contribution in [0.1, 0.15) is 42.5 Å². The van der Waals surface area contributed by atoms with E-state index in [-0.39, 0.29) is 29.7 Å². The number of primary amides is 1. The van der Waals surface area contributed by atoms with Gasteiger partial charge >= 0.3 is 0 Å². The molecule has 3 amide bonds. The maximum absolute atomic E-state index is 12.5. The van der Waals surface area contributed by atoms with E-state index in [1.54, 1.807) is 24.3 Å². The minimum absolute atomic E-state index is 0.0558. The summed E-state index contributed by atoms with van der Waals surface area (Å²) in [6, 6.07) is 6.92. The zero-order valence-electron chi connectivity index (χ0n) is 13.0. The number of anilines is 1. The Labute approximate surface area is 135 Å². The third-order valence-electron chi connectivity index (χ3n) is 4.75. The number of carbonyl (C=O) groups is 3. The Morgan fingerprint density at radius 2 is 1.87 bits per heavy atom. The molecule has 2 aliphatic rings. The molecule has 3 rings (SSSR count). The molecular weight excluding hydrogens is 294 g/mol. The Hall–Kier alpha value is -2.37. The van der Waals surface area contributed by atoms with Gasteiger partial charge in [0.2, 0.25) is 11.8 Å². The molecule has 6 nitrogen and oxygen atoms in total. The SMILES string of the molecule is NC(=O)c1ccccc1NC(=O)C1CC(=O)N(C2CCCC2)C1. The number of hydrogen-bond donors (Lipinski definition) is 2. The molecule has 3 N–H and O–H groups in total. The van der Waals surface area contributed by atoms with Crippen LogP contribution in [0, 0.1) is 5.92 Å². The van der Waals surface area contributed by atoms with Crippen LogP contribution in [-0.4, -0.2) is 35.2 Å². The average Bonchev–Trinajstić information content (AvgIpc) is 3.16. The molecule has 122 valence electrons. The second kappa shape index (κ2) is 6.40. The van der Waals surface area contributed by atoms with Crippen molar-refractivity contribution in [3.8, 4) is 0 Å². The highest BCUT2D eigenvalue weighted by atomic mass is 16.2. The number of nitrogens with zero attached hydrogens (tertiary/aromatic N) is 1. The summed E-state index contributed by atoms with van der Waals surface area (Å²) >= 11 is 0. The van der Waals surface area contributed by atoms with Gasteiger partial charge in [0.1, 0.15) is 0 Å². The van der Waals surface area contributed by atoms with Crippen LogP contribution in [0.25, 0.3) is 0 Å². The summed E-state index contributed by atoms with van der Waals surface area (Å²) in [6.07, 6.45) is 4.60. The molecule has 6 heteroatoms. The number of likely N-dealkylation sites (tertiary alicyclic amines) is 1. The smallest absolute Gasteiger partial charge is 0.250 e. The minimum Gasteiger partial charge on any atom is -0.366 e. The van der Waals surface area contributed by atoms with Crippen molar-refractivity contribution in [2.45, 2.75) is 38.1 Å². The summed E-state index contributed by atoms with van der Waals surface area (Å²) in [5.41, 5.74) is 5.99. The molecule has 1 heterocycles. The summed E-state index contributed by atoms with van der Waals surface area (Å²) < 4.78 is 0. The molecule has 1 saturated carbocycles. The van der Waals surface area contributed by atoms with Gasteiger partial charge in [0.15, 0.2) is 0 Å². The van der Waals surface area contributed by atoms with Crippen LogP contribution in [-0.2, 0) is 9.59 Å². The monoisotopic (exact) mass is 315 g/mol. The summed E-state index contributed by atoms with van der Waals surface area (Å²) in [7, 11) is 0. The number of amides is 3. The van der Waals surface area contributed by atoms with Gasteiger partial charge in [-0.2, -0.15) is 0 Å². The van der Waals surface area contributed by atoms with E-state index in [0.29, 0.717) is 18.3 Å². The van der Waals surface area contributed by atoms with Gasteiger partial charge in [0.05, 0.1) is 17.2 Å². The molecule has 0 bridgehead atoms. The lowest BCUT2D eigenvalue weighted by Crippen LogP contribution is -2.35. The van der Waals surface area contributed by atoms with E-state index in [1.165, 1.54) is 0 Å². The fourth-order valence-electron chi connectivity index (χ4n) is 3.52. The Morgan fingerprint density at radius 1 is 1.17 bits per heavy atom. The van der Waals surface area contributed by atoms with Crippen molar-refractivity contribution >= 4 is 23.4 Å². The number of carbonyl (C=O) groups excluding carboxylic acids is 3. The molecule has 1 saturated heterocycles. The van der Waals surface area contributed by atoms with Gasteiger partial charge in [-0.05, 0) is 25.0 Å². The molecule has 1 aromatic carbocycles. The normalized spacial score (nSPS) is 21.7. The Bertz CT molecular complexity index is 638. The van der Waals surface area contributed by atoms with Crippen molar-refractivity contribution < 1.29 is 14.4 Å². The van der Waals surface area contributed by atoms with Crippen LogP contribution in [0.5, 0.6) is 0 Å². The van der Waals surface area contributed by atoms with Crippen molar-refractivity contribution in [1.82, 2.24) is 4.90 Å². The first-order valence-corrected chi connectivity index (χ1v) is 8.05. The van der Waals surface area contributed by atoms with E-state index in [0.717, 1.165) is 25.7 Å². The standard InChI is InChI=1S/C17H21N3O3/c18-16(22)13-7-3-4-8-14(13)19-17(23)11-9-15(21)20(10-11)12-5-1-2-6-12/h3-4,7-8,11-12H,1-2,5-6,9-10H2,(H2,18,22)(H,19,23). The Morgan fingerprint density at radius 3 is 2.57 bits per heavy atom. The fraction of sp³-hybridized carbons (Fsp3) is 0.471. The van der Waals surface area contributed by atoms with Gasteiger partial charge in [0, 0.05) is 19.0 Å². The first-order chi connectivity index (χ1) is 11.1. The van der Waals surface area contributed by atoms with Gasteiger partial charge in [-0.3, -0.25) is 14.4 Å². The predicted molar refractivity (Wildman–Crippen MR) is 85.7 cm³/mol. The van der Waals surface area contributed by atoms with Crippen LogP contribution >= 0.6 is 0 Å². The van der Waals surface area contributed by atoms with Crippen molar-refractivity contribution in [2.75, 3.05) is 11.9 Å². The second-order valence-electron chi connectivity index (χ2n) is 6.28. The first kappa shape index (κ1) is 15.5. The Balaban J connectivity index is 1.67. The van der Waals surface area contributed by atoms with E-state index in [1.807, 2.05) is 4.90 Å². The lowest BCUT2D eigenvalue weighted by molar-refractivity contribution is -0.129. The van der Waals surface area contributed by atoms with Gasteiger partial charge < -0.3 is 16.0 Å². The number of nitrogens with one attached hydrogen (secondary N) is 1. The number of benzene rings is 1. The molecule has 1 atom stereocenters. The lowest BCUT2D eigenvalue weighted by atomic mass is 10.1. The third-order valence-corrected chi connectivity index (χ3v) is 4.75. The van der Waals surface area contributed by atoms with Crippen LogP contribution in [0.3, 0.4) is 0 Å². The van der Waals surface area contributed by atoms with E-state index >= 15 is 0 Å². The number of nitrogens with two attached hydrogens (primary N) is 1. The minimum atomic E-state index is -0.587. The van der Waals surface area contributed by atoms with Crippen LogP contribution in [0.15, 0.2) is 24.3 Å². The molecule has 1 aliphatic heterocycles.